The number of nitrogens with zero attached hydrogens (tertiary/aromatic N) is 4. The van der Waals surface area contributed by atoms with Crippen LogP contribution in [0, 0.1) is 5.92 Å². The summed E-state index contributed by atoms with van der Waals surface area (Å²) in [4.78, 5) is 16.8. The molecule has 4 rings (SSSR count). The molecule has 132 valence electrons. The van der Waals surface area contributed by atoms with Crippen molar-refractivity contribution in [2.24, 2.45) is 5.92 Å². The lowest BCUT2D eigenvalue weighted by Crippen LogP contribution is -2.36. The smallest absolute Gasteiger partial charge is 0.273 e. The minimum Gasteiger partial charge on any atom is -0.344 e. The average molecular weight is 347 g/mol. The highest BCUT2D eigenvalue weighted by Gasteiger charge is 2.30. The fourth-order valence-corrected chi connectivity index (χ4v) is 3.28. The first-order chi connectivity index (χ1) is 12.8. The second-order valence-electron chi connectivity index (χ2n) is 6.72. The van der Waals surface area contributed by atoms with Gasteiger partial charge in [-0.1, -0.05) is 48.0 Å². The van der Waals surface area contributed by atoms with E-state index in [0.29, 0.717) is 18.2 Å². The molecule has 1 fully saturated rings. The second kappa shape index (κ2) is 7.47. The van der Waals surface area contributed by atoms with Gasteiger partial charge in [0.25, 0.3) is 5.91 Å². The molecule has 1 aromatic carbocycles. The first-order valence-electron chi connectivity index (χ1n) is 8.94. The number of pyridine rings is 1. The van der Waals surface area contributed by atoms with E-state index < -0.39 is 0 Å². The third-order valence-corrected chi connectivity index (χ3v) is 4.91. The summed E-state index contributed by atoms with van der Waals surface area (Å²) in [5.74, 6) is 0.315. The number of hydrogen-bond acceptors (Lipinski definition) is 4. The number of nitrogens with one attached hydrogen (secondary N) is 1. The van der Waals surface area contributed by atoms with E-state index in [1.54, 1.807) is 23.3 Å². The van der Waals surface area contributed by atoms with Crippen LogP contribution in [0.4, 0.5) is 0 Å². The molecular formula is C20H21N5O. The van der Waals surface area contributed by atoms with E-state index in [-0.39, 0.29) is 11.9 Å². The lowest BCUT2D eigenvalue weighted by atomic mass is 9.77. The van der Waals surface area contributed by atoms with Crippen molar-refractivity contribution < 1.29 is 4.79 Å². The van der Waals surface area contributed by atoms with Gasteiger partial charge in [0.15, 0.2) is 5.69 Å². The monoisotopic (exact) mass is 347 g/mol. The Morgan fingerprint density at radius 3 is 2.73 bits per heavy atom. The Hall–Kier alpha value is -3.02. The van der Waals surface area contributed by atoms with E-state index in [9.17, 15) is 4.79 Å². The first-order valence-corrected chi connectivity index (χ1v) is 8.94. The van der Waals surface area contributed by atoms with Gasteiger partial charge in [0, 0.05) is 12.4 Å². The SMILES string of the molecule is O=C(N[C@H](c1ccccc1)C1CCC1)c1cn(Cc2cccnc2)nn1. The van der Waals surface area contributed by atoms with Gasteiger partial charge in [0.2, 0.25) is 0 Å². The zero-order valence-corrected chi connectivity index (χ0v) is 14.5. The zero-order valence-electron chi connectivity index (χ0n) is 14.5. The minimum absolute atomic E-state index is 0.0286. The Balaban J connectivity index is 1.46. The largest absolute Gasteiger partial charge is 0.344 e. The second-order valence-corrected chi connectivity index (χ2v) is 6.72. The van der Waals surface area contributed by atoms with Crippen molar-refractivity contribution >= 4 is 5.91 Å². The Kier molecular flexibility index (Phi) is 4.73. The number of benzene rings is 1. The molecule has 1 amide bonds. The summed E-state index contributed by atoms with van der Waals surface area (Å²) in [6, 6.07) is 14.0. The highest BCUT2D eigenvalue weighted by atomic mass is 16.2. The Bertz CT molecular complexity index is 858. The van der Waals surface area contributed by atoms with Crippen molar-refractivity contribution in [1.82, 2.24) is 25.3 Å². The van der Waals surface area contributed by atoms with Gasteiger partial charge < -0.3 is 5.32 Å². The fourth-order valence-electron chi connectivity index (χ4n) is 3.28. The maximum atomic E-state index is 12.7. The predicted octanol–water partition coefficient (Wildman–Crippen LogP) is 2.99. The van der Waals surface area contributed by atoms with Gasteiger partial charge in [-0.15, -0.1) is 5.10 Å². The third-order valence-electron chi connectivity index (χ3n) is 4.91. The molecule has 2 aromatic heterocycles. The molecule has 1 aliphatic carbocycles. The van der Waals surface area contributed by atoms with Gasteiger partial charge in [0.1, 0.15) is 0 Å². The number of aromatic nitrogens is 4. The van der Waals surface area contributed by atoms with Crippen LogP contribution in [0.1, 0.15) is 46.9 Å². The lowest BCUT2D eigenvalue weighted by molar-refractivity contribution is 0.0895. The molecular weight excluding hydrogens is 326 g/mol. The summed E-state index contributed by atoms with van der Waals surface area (Å²) in [6.07, 6.45) is 8.72. The predicted molar refractivity (Wildman–Crippen MR) is 97.4 cm³/mol. The minimum atomic E-state index is -0.178. The van der Waals surface area contributed by atoms with Gasteiger partial charge in [-0.3, -0.25) is 9.78 Å². The van der Waals surface area contributed by atoms with Crippen LogP contribution in [-0.4, -0.2) is 25.9 Å². The van der Waals surface area contributed by atoms with Crippen LogP contribution in [0.15, 0.2) is 61.1 Å². The van der Waals surface area contributed by atoms with Crippen LogP contribution in [0.3, 0.4) is 0 Å². The number of amides is 1. The average Bonchev–Trinajstić information content (AvgIpc) is 3.10. The molecule has 0 aliphatic heterocycles. The molecule has 1 N–H and O–H groups in total. The molecule has 1 saturated carbocycles. The Morgan fingerprint density at radius 1 is 1.19 bits per heavy atom. The van der Waals surface area contributed by atoms with Crippen molar-refractivity contribution in [3.8, 4) is 0 Å². The van der Waals surface area contributed by atoms with E-state index in [4.69, 9.17) is 0 Å². The quantitative estimate of drug-likeness (QED) is 0.744. The van der Waals surface area contributed by atoms with Crippen LogP contribution >= 0.6 is 0 Å². The summed E-state index contributed by atoms with van der Waals surface area (Å²) < 4.78 is 1.66. The summed E-state index contributed by atoms with van der Waals surface area (Å²) in [7, 11) is 0. The molecule has 0 spiro atoms. The summed E-state index contributed by atoms with van der Waals surface area (Å²) in [6.45, 7) is 0.541. The zero-order chi connectivity index (χ0) is 17.8. The van der Waals surface area contributed by atoms with Crippen LogP contribution in [0.2, 0.25) is 0 Å². The molecule has 0 bridgehead atoms. The molecule has 1 atom stereocenters. The molecule has 1 aliphatic rings. The van der Waals surface area contributed by atoms with Crippen LogP contribution in [0.25, 0.3) is 0 Å². The highest BCUT2D eigenvalue weighted by molar-refractivity contribution is 5.92. The van der Waals surface area contributed by atoms with Gasteiger partial charge >= 0.3 is 0 Å². The van der Waals surface area contributed by atoms with Gasteiger partial charge in [-0.05, 0) is 36.0 Å². The fraction of sp³-hybridized carbons (Fsp3) is 0.300. The number of rotatable bonds is 6. The number of carbonyl (C=O) groups is 1. The molecule has 6 heteroatoms. The maximum Gasteiger partial charge on any atom is 0.273 e. The molecule has 0 saturated heterocycles. The van der Waals surface area contributed by atoms with Crippen molar-refractivity contribution in [3.63, 3.8) is 0 Å². The standard InChI is InChI=1S/C20H21N5O/c26-20(18-14-25(24-23-18)13-15-6-5-11-21-12-15)22-19(17-9-4-10-17)16-7-2-1-3-8-16/h1-3,5-8,11-12,14,17,19H,4,9-10,13H2,(H,22,26)/t19-/m1/s1. The lowest BCUT2D eigenvalue weighted by Gasteiger charge is -2.34. The van der Waals surface area contributed by atoms with Crippen molar-refractivity contribution in [2.75, 3.05) is 0 Å². The topological polar surface area (TPSA) is 72.7 Å². The number of hydrogen-bond donors (Lipinski definition) is 1. The third kappa shape index (κ3) is 3.64. The Morgan fingerprint density at radius 2 is 2.04 bits per heavy atom. The summed E-state index contributed by atoms with van der Waals surface area (Å²) >= 11 is 0. The van der Waals surface area contributed by atoms with Gasteiger partial charge in [-0.2, -0.15) is 0 Å². The van der Waals surface area contributed by atoms with E-state index in [1.165, 1.54) is 6.42 Å². The molecule has 2 heterocycles. The van der Waals surface area contributed by atoms with Gasteiger partial charge in [0.05, 0.1) is 18.8 Å². The van der Waals surface area contributed by atoms with Crippen molar-refractivity contribution in [1.29, 1.82) is 0 Å². The maximum absolute atomic E-state index is 12.7. The number of carbonyl (C=O) groups excluding carboxylic acids is 1. The highest BCUT2D eigenvalue weighted by Crippen LogP contribution is 2.37. The van der Waals surface area contributed by atoms with Crippen molar-refractivity contribution in [3.05, 3.63) is 77.9 Å². The Labute approximate surface area is 152 Å². The molecule has 0 unspecified atom stereocenters. The molecule has 0 radical (unpaired) electrons. The summed E-state index contributed by atoms with van der Waals surface area (Å²) in [5.41, 5.74) is 2.50. The normalized spacial score (nSPS) is 15.2. The van der Waals surface area contributed by atoms with Crippen LogP contribution in [-0.2, 0) is 6.54 Å². The van der Waals surface area contributed by atoms with Crippen LogP contribution in [0.5, 0.6) is 0 Å². The van der Waals surface area contributed by atoms with E-state index in [2.05, 4.69) is 32.7 Å². The van der Waals surface area contributed by atoms with Crippen molar-refractivity contribution in [2.45, 2.75) is 31.8 Å². The molecule has 3 aromatic rings. The van der Waals surface area contributed by atoms with E-state index >= 15 is 0 Å². The van der Waals surface area contributed by atoms with Gasteiger partial charge in [-0.25, -0.2) is 4.68 Å². The van der Waals surface area contributed by atoms with E-state index in [0.717, 1.165) is 24.0 Å². The van der Waals surface area contributed by atoms with E-state index in [1.807, 2.05) is 30.3 Å². The van der Waals surface area contributed by atoms with Crippen LogP contribution < -0.4 is 5.32 Å². The first kappa shape index (κ1) is 16.4. The molecule has 26 heavy (non-hydrogen) atoms. The molecule has 6 nitrogen and oxygen atoms in total. The summed E-state index contributed by atoms with van der Waals surface area (Å²) in [5, 5.41) is 11.3.